The Balaban J connectivity index is 1.81. The van der Waals surface area contributed by atoms with Crippen LogP contribution in [0.5, 0.6) is 0 Å². The molecule has 0 spiro atoms. The quantitative estimate of drug-likeness (QED) is 0.427. The molecule has 31 heavy (non-hydrogen) atoms. The molecule has 4 heteroatoms. The molecule has 0 radical (unpaired) electrons. The minimum absolute atomic E-state index is 0.337. The van der Waals surface area contributed by atoms with Gasteiger partial charge in [0.2, 0.25) is 0 Å². The van der Waals surface area contributed by atoms with Crippen LogP contribution in [0, 0.1) is 11.3 Å². The van der Waals surface area contributed by atoms with E-state index in [4.69, 9.17) is 0 Å². The van der Waals surface area contributed by atoms with E-state index in [9.17, 15) is 15.2 Å². The highest BCUT2D eigenvalue weighted by atomic mass is 16.4. The second-order valence-electron chi connectivity index (χ2n) is 7.41. The molecule has 1 N–H and O–H groups in total. The Morgan fingerprint density at radius 1 is 0.935 bits per heavy atom. The summed E-state index contributed by atoms with van der Waals surface area (Å²) in [6.45, 7) is 2.48. The minimum Gasteiger partial charge on any atom is -0.478 e. The predicted molar refractivity (Wildman–Crippen MR) is 122 cm³/mol. The van der Waals surface area contributed by atoms with E-state index in [0.717, 1.165) is 27.9 Å². The molecule has 0 fully saturated rings. The standard InChI is InChI=1S/C27H22N2O2/c1-2-25-26(27(30)31)24(18-29(25)17-20-9-6-8-19(14-20)16-28)23-13-7-12-22(15-23)21-10-4-3-5-11-21/h3-15,18H,2,17H2,1H3,(H,30,31). The summed E-state index contributed by atoms with van der Waals surface area (Å²) in [5.41, 5.74) is 6.38. The van der Waals surface area contributed by atoms with E-state index < -0.39 is 5.97 Å². The summed E-state index contributed by atoms with van der Waals surface area (Å²) >= 11 is 0. The number of rotatable bonds is 6. The first-order valence-corrected chi connectivity index (χ1v) is 10.2. The average Bonchev–Trinajstić information content (AvgIpc) is 3.18. The maximum Gasteiger partial charge on any atom is 0.338 e. The monoisotopic (exact) mass is 406 g/mol. The Bertz CT molecular complexity index is 1280. The maximum absolute atomic E-state index is 12.2. The van der Waals surface area contributed by atoms with Crippen LogP contribution in [0.2, 0.25) is 0 Å². The molecule has 152 valence electrons. The highest BCUT2D eigenvalue weighted by molar-refractivity contribution is 5.98. The SMILES string of the molecule is CCc1c(C(=O)O)c(-c2cccc(-c3ccccc3)c2)cn1Cc1cccc(C#N)c1. The van der Waals surface area contributed by atoms with Crippen LogP contribution < -0.4 is 0 Å². The van der Waals surface area contributed by atoms with Crippen LogP contribution in [0.3, 0.4) is 0 Å². The number of nitrogens with zero attached hydrogens (tertiary/aromatic N) is 2. The Kier molecular flexibility index (Phi) is 5.68. The van der Waals surface area contributed by atoms with Crippen LogP contribution in [0.1, 0.15) is 34.1 Å². The van der Waals surface area contributed by atoms with Gasteiger partial charge in [-0.1, -0.05) is 67.6 Å². The smallest absolute Gasteiger partial charge is 0.338 e. The molecule has 4 aromatic rings. The molecular weight excluding hydrogens is 384 g/mol. The topological polar surface area (TPSA) is 66.0 Å². The number of aromatic carboxylic acids is 1. The van der Waals surface area contributed by atoms with Gasteiger partial charge in [-0.05, 0) is 46.9 Å². The van der Waals surface area contributed by atoms with Crippen molar-refractivity contribution in [3.8, 4) is 28.3 Å². The van der Waals surface area contributed by atoms with E-state index in [-0.39, 0.29) is 0 Å². The van der Waals surface area contributed by atoms with Gasteiger partial charge in [-0.2, -0.15) is 5.26 Å². The molecule has 0 aliphatic rings. The lowest BCUT2D eigenvalue weighted by molar-refractivity contribution is 0.0696. The average molecular weight is 406 g/mol. The minimum atomic E-state index is -0.929. The van der Waals surface area contributed by atoms with Crippen molar-refractivity contribution >= 4 is 5.97 Å². The van der Waals surface area contributed by atoms with E-state index in [2.05, 4.69) is 6.07 Å². The summed E-state index contributed by atoms with van der Waals surface area (Å²) < 4.78 is 1.99. The number of carbonyl (C=O) groups is 1. The number of nitriles is 1. The normalized spacial score (nSPS) is 10.6. The fraction of sp³-hybridized carbons (Fsp3) is 0.111. The van der Waals surface area contributed by atoms with Crippen molar-refractivity contribution < 1.29 is 9.90 Å². The van der Waals surface area contributed by atoms with E-state index in [0.29, 0.717) is 29.7 Å². The van der Waals surface area contributed by atoms with Crippen molar-refractivity contribution in [1.29, 1.82) is 5.26 Å². The van der Waals surface area contributed by atoms with Gasteiger partial charge in [-0.3, -0.25) is 0 Å². The Morgan fingerprint density at radius 3 is 2.35 bits per heavy atom. The first kappa shape index (κ1) is 20.2. The lowest BCUT2D eigenvalue weighted by Gasteiger charge is -2.09. The molecular formula is C27H22N2O2. The lowest BCUT2D eigenvalue weighted by Crippen LogP contribution is -2.07. The van der Waals surface area contributed by atoms with Crippen molar-refractivity contribution in [2.24, 2.45) is 0 Å². The fourth-order valence-electron chi connectivity index (χ4n) is 4.01. The highest BCUT2D eigenvalue weighted by Crippen LogP contribution is 2.32. The maximum atomic E-state index is 12.2. The largest absolute Gasteiger partial charge is 0.478 e. The molecule has 4 nitrogen and oxygen atoms in total. The molecule has 0 unspecified atom stereocenters. The van der Waals surface area contributed by atoms with Crippen molar-refractivity contribution in [3.63, 3.8) is 0 Å². The molecule has 3 aromatic carbocycles. The van der Waals surface area contributed by atoms with Crippen LogP contribution in [-0.4, -0.2) is 15.6 Å². The number of carboxylic acid groups (broad SMARTS) is 1. The van der Waals surface area contributed by atoms with Gasteiger partial charge >= 0.3 is 5.97 Å². The second-order valence-corrected chi connectivity index (χ2v) is 7.41. The summed E-state index contributed by atoms with van der Waals surface area (Å²) in [4.78, 5) is 12.2. The summed E-state index contributed by atoms with van der Waals surface area (Å²) in [6.07, 6.45) is 2.52. The molecule has 0 bridgehead atoms. The van der Waals surface area contributed by atoms with Gasteiger partial charge in [-0.15, -0.1) is 0 Å². The van der Waals surface area contributed by atoms with E-state index in [1.807, 2.05) is 90.5 Å². The molecule has 0 aliphatic carbocycles. The number of benzene rings is 3. The number of hydrogen-bond donors (Lipinski definition) is 1. The van der Waals surface area contributed by atoms with E-state index in [1.54, 1.807) is 6.07 Å². The molecule has 0 saturated heterocycles. The van der Waals surface area contributed by atoms with Crippen LogP contribution in [0.4, 0.5) is 0 Å². The van der Waals surface area contributed by atoms with Crippen molar-refractivity contribution in [3.05, 3.63) is 107 Å². The van der Waals surface area contributed by atoms with Crippen LogP contribution >= 0.6 is 0 Å². The van der Waals surface area contributed by atoms with Gasteiger partial charge in [0.05, 0.1) is 17.2 Å². The van der Waals surface area contributed by atoms with Crippen LogP contribution in [0.25, 0.3) is 22.3 Å². The van der Waals surface area contributed by atoms with Gasteiger partial charge < -0.3 is 9.67 Å². The summed E-state index contributed by atoms with van der Waals surface area (Å²) in [5.74, 6) is -0.929. The second kappa shape index (κ2) is 8.73. The number of hydrogen-bond acceptors (Lipinski definition) is 2. The molecule has 0 atom stereocenters. The molecule has 4 rings (SSSR count). The third-order valence-corrected chi connectivity index (χ3v) is 5.43. The summed E-state index contributed by atoms with van der Waals surface area (Å²) in [7, 11) is 0. The Morgan fingerprint density at radius 2 is 1.65 bits per heavy atom. The first-order chi connectivity index (χ1) is 15.1. The van der Waals surface area contributed by atoms with E-state index in [1.165, 1.54) is 0 Å². The van der Waals surface area contributed by atoms with Gasteiger partial charge in [0.1, 0.15) is 0 Å². The van der Waals surface area contributed by atoms with Gasteiger partial charge in [-0.25, -0.2) is 4.79 Å². The number of carboxylic acids is 1. The van der Waals surface area contributed by atoms with Gasteiger partial charge in [0.25, 0.3) is 0 Å². The van der Waals surface area contributed by atoms with Crippen LogP contribution in [-0.2, 0) is 13.0 Å². The zero-order chi connectivity index (χ0) is 21.8. The van der Waals surface area contributed by atoms with Gasteiger partial charge in [0, 0.05) is 24.0 Å². The van der Waals surface area contributed by atoms with Crippen LogP contribution in [0.15, 0.2) is 85.1 Å². The van der Waals surface area contributed by atoms with E-state index >= 15 is 0 Å². The molecule has 0 saturated carbocycles. The van der Waals surface area contributed by atoms with Gasteiger partial charge in [0.15, 0.2) is 0 Å². The zero-order valence-corrected chi connectivity index (χ0v) is 17.2. The predicted octanol–water partition coefficient (Wildman–Crippen LogP) is 6.00. The molecule has 0 amide bonds. The Labute approximate surface area is 181 Å². The highest BCUT2D eigenvalue weighted by Gasteiger charge is 2.22. The summed E-state index contributed by atoms with van der Waals surface area (Å²) in [5, 5.41) is 19.2. The third kappa shape index (κ3) is 4.12. The zero-order valence-electron chi connectivity index (χ0n) is 17.2. The fourth-order valence-corrected chi connectivity index (χ4v) is 4.01. The Hall–Kier alpha value is -4.10. The van der Waals surface area contributed by atoms with Crippen molar-refractivity contribution in [2.75, 3.05) is 0 Å². The third-order valence-electron chi connectivity index (χ3n) is 5.43. The first-order valence-electron chi connectivity index (χ1n) is 10.2. The van der Waals surface area contributed by atoms with Crippen molar-refractivity contribution in [2.45, 2.75) is 19.9 Å². The lowest BCUT2D eigenvalue weighted by atomic mass is 9.97. The molecule has 1 aromatic heterocycles. The summed E-state index contributed by atoms with van der Waals surface area (Å²) in [6, 6.07) is 27.6. The molecule has 0 aliphatic heterocycles. The van der Waals surface area contributed by atoms with Crippen molar-refractivity contribution in [1.82, 2.24) is 4.57 Å². The number of aromatic nitrogens is 1. The molecule has 1 heterocycles.